The second-order valence-electron chi connectivity index (χ2n) is 5.01. The second kappa shape index (κ2) is 7.82. The number of rotatable bonds is 7. The van der Waals surface area contributed by atoms with Gasteiger partial charge in [-0.3, -0.25) is 4.79 Å². The number of aliphatic carboxylic acids is 1. The number of carboxylic acid groups (broad SMARTS) is 1. The zero-order valence-corrected chi connectivity index (χ0v) is 15.1. The van der Waals surface area contributed by atoms with E-state index >= 15 is 0 Å². The van der Waals surface area contributed by atoms with E-state index in [1.165, 1.54) is 27.0 Å². The summed E-state index contributed by atoms with van der Waals surface area (Å²) >= 11 is 5.91. The van der Waals surface area contributed by atoms with Gasteiger partial charge < -0.3 is 14.6 Å². The molecule has 8 nitrogen and oxygen atoms in total. The minimum atomic E-state index is -4.29. The number of hydrogen-bond acceptors (Lipinski definition) is 6. The van der Waals surface area contributed by atoms with Crippen LogP contribution in [0, 0.1) is 0 Å². The molecule has 0 saturated heterocycles. The minimum Gasteiger partial charge on any atom is -0.494 e. The largest absolute Gasteiger partial charge is 0.494 e. The number of benzene rings is 1. The Morgan fingerprint density at radius 2 is 1.88 bits per heavy atom. The molecular formula is C14H18ClNO7S. The molecule has 0 aliphatic heterocycles. The number of nitrogens with zero attached hydrogens (tertiary/aromatic N) is 1. The van der Waals surface area contributed by atoms with Crippen molar-refractivity contribution in [1.29, 1.82) is 0 Å². The van der Waals surface area contributed by atoms with Crippen molar-refractivity contribution >= 4 is 33.6 Å². The quantitative estimate of drug-likeness (QED) is 0.716. The van der Waals surface area contributed by atoms with Crippen LogP contribution >= 0.6 is 11.6 Å². The van der Waals surface area contributed by atoms with Crippen molar-refractivity contribution in [2.24, 2.45) is 0 Å². The first-order chi connectivity index (χ1) is 11.1. The molecule has 1 aromatic carbocycles. The van der Waals surface area contributed by atoms with E-state index in [-0.39, 0.29) is 16.3 Å². The highest BCUT2D eigenvalue weighted by Gasteiger charge is 2.34. The molecule has 134 valence electrons. The van der Waals surface area contributed by atoms with Gasteiger partial charge in [0.25, 0.3) is 0 Å². The summed E-state index contributed by atoms with van der Waals surface area (Å²) in [5, 5.41) is 8.93. The Morgan fingerprint density at radius 3 is 2.29 bits per heavy atom. The summed E-state index contributed by atoms with van der Waals surface area (Å²) in [6, 6.07) is 1.66. The third kappa shape index (κ3) is 4.16. The summed E-state index contributed by atoms with van der Waals surface area (Å²) in [5.41, 5.74) is -0.176. The first-order valence-corrected chi connectivity index (χ1v) is 8.57. The van der Waals surface area contributed by atoms with Gasteiger partial charge in [-0.25, -0.2) is 13.2 Å². The average molecular weight is 380 g/mol. The van der Waals surface area contributed by atoms with E-state index in [0.29, 0.717) is 0 Å². The monoisotopic (exact) mass is 379 g/mol. The van der Waals surface area contributed by atoms with Gasteiger partial charge in [-0.2, -0.15) is 4.31 Å². The van der Waals surface area contributed by atoms with Gasteiger partial charge in [0.2, 0.25) is 10.0 Å². The molecule has 24 heavy (non-hydrogen) atoms. The van der Waals surface area contributed by atoms with Crippen LogP contribution in [0.2, 0.25) is 5.02 Å². The maximum absolute atomic E-state index is 12.9. The molecule has 0 amide bonds. The average Bonchev–Trinajstić information content (AvgIpc) is 2.50. The first kappa shape index (κ1) is 20.2. The Hall–Kier alpha value is -1.84. The van der Waals surface area contributed by atoms with Gasteiger partial charge in [-0.1, -0.05) is 11.6 Å². The van der Waals surface area contributed by atoms with E-state index in [2.05, 4.69) is 4.74 Å². The zero-order valence-electron chi connectivity index (χ0n) is 13.6. The Morgan fingerprint density at radius 1 is 1.29 bits per heavy atom. The minimum absolute atomic E-state index is 0.0335. The lowest BCUT2D eigenvalue weighted by Gasteiger charge is -2.25. The molecule has 0 atom stereocenters. The van der Waals surface area contributed by atoms with Crippen molar-refractivity contribution in [3.8, 4) is 5.75 Å². The smallest absolute Gasteiger partial charge is 0.341 e. The van der Waals surface area contributed by atoms with Crippen LogP contribution in [0.1, 0.15) is 24.2 Å². The number of hydrogen-bond donors (Lipinski definition) is 1. The van der Waals surface area contributed by atoms with E-state index in [1.807, 2.05) is 0 Å². The standard InChI is InChI=1S/C14H18ClNO7S/c1-8(2)16(7-12(17)18)24(20,21)11-6-9(15)5-10(13(11)22-3)14(19)23-4/h5-6,8H,7H2,1-4H3,(H,17,18). The number of ether oxygens (including phenoxy) is 2. The fourth-order valence-electron chi connectivity index (χ4n) is 2.04. The number of halogens is 1. The molecule has 10 heteroatoms. The number of methoxy groups -OCH3 is 2. The van der Waals surface area contributed by atoms with Gasteiger partial charge in [0, 0.05) is 11.1 Å². The van der Waals surface area contributed by atoms with Gasteiger partial charge >= 0.3 is 11.9 Å². The summed E-state index contributed by atoms with van der Waals surface area (Å²) in [4.78, 5) is 22.4. The van der Waals surface area contributed by atoms with Gasteiger partial charge in [0.05, 0.1) is 14.2 Å². The molecule has 0 aromatic heterocycles. The molecule has 0 unspecified atom stereocenters. The number of carboxylic acids is 1. The fraction of sp³-hybridized carbons (Fsp3) is 0.429. The predicted octanol–water partition coefficient (Wildman–Crippen LogP) is 1.62. The van der Waals surface area contributed by atoms with Crippen LogP contribution in [0.15, 0.2) is 17.0 Å². The Balaban J connectivity index is 3.66. The molecule has 1 rings (SSSR count). The zero-order chi connectivity index (χ0) is 18.7. The van der Waals surface area contributed by atoms with Crippen LogP contribution < -0.4 is 4.74 Å². The van der Waals surface area contributed by atoms with E-state index in [9.17, 15) is 18.0 Å². The van der Waals surface area contributed by atoms with Crippen LogP contribution in [0.4, 0.5) is 0 Å². The van der Waals surface area contributed by atoms with Crippen molar-refractivity contribution in [2.75, 3.05) is 20.8 Å². The summed E-state index contributed by atoms with van der Waals surface area (Å²) in [6.07, 6.45) is 0. The molecule has 0 spiro atoms. The van der Waals surface area contributed by atoms with Crippen LogP contribution in [0.25, 0.3) is 0 Å². The SMILES string of the molecule is COC(=O)c1cc(Cl)cc(S(=O)(=O)N(CC(=O)O)C(C)C)c1OC. The van der Waals surface area contributed by atoms with Crippen molar-refractivity contribution in [2.45, 2.75) is 24.8 Å². The van der Waals surface area contributed by atoms with Gasteiger partial charge in [0.15, 0.2) is 5.75 Å². The predicted molar refractivity (Wildman–Crippen MR) is 86.0 cm³/mol. The van der Waals surface area contributed by atoms with Crippen LogP contribution in [0.5, 0.6) is 5.75 Å². The molecule has 0 fully saturated rings. The third-order valence-electron chi connectivity index (χ3n) is 3.08. The van der Waals surface area contributed by atoms with E-state index in [1.54, 1.807) is 0 Å². The molecule has 0 aliphatic carbocycles. The highest BCUT2D eigenvalue weighted by Crippen LogP contribution is 2.34. The molecule has 1 aromatic rings. The Kier molecular flexibility index (Phi) is 6.58. The molecule has 0 radical (unpaired) electrons. The van der Waals surface area contributed by atoms with Crippen molar-refractivity contribution in [1.82, 2.24) is 4.31 Å². The van der Waals surface area contributed by atoms with Crippen molar-refractivity contribution < 1.29 is 32.6 Å². The Labute approximate surface area is 145 Å². The number of carbonyl (C=O) groups is 2. The van der Waals surface area contributed by atoms with Crippen LogP contribution in [0.3, 0.4) is 0 Å². The van der Waals surface area contributed by atoms with Crippen LogP contribution in [-0.2, 0) is 19.6 Å². The summed E-state index contributed by atoms with van der Waals surface area (Å²) in [5.74, 6) is -2.41. The lowest BCUT2D eigenvalue weighted by Crippen LogP contribution is -2.40. The molecule has 0 saturated carbocycles. The molecule has 0 heterocycles. The van der Waals surface area contributed by atoms with Crippen LogP contribution in [-0.4, -0.2) is 56.6 Å². The van der Waals surface area contributed by atoms with Gasteiger partial charge in [-0.15, -0.1) is 0 Å². The van der Waals surface area contributed by atoms with Gasteiger partial charge in [0.1, 0.15) is 17.0 Å². The molecule has 0 aliphatic rings. The topological polar surface area (TPSA) is 110 Å². The summed E-state index contributed by atoms with van der Waals surface area (Å²) < 4.78 is 36.2. The Bertz CT molecular complexity index is 746. The highest BCUT2D eigenvalue weighted by molar-refractivity contribution is 7.89. The first-order valence-electron chi connectivity index (χ1n) is 6.75. The van der Waals surface area contributed by atoms with E-state index in [4.69, 9.17) is 21.4 Å². The molecular weight excluding hydrogens is 362 g/mol. The lowest BCUT2D eigenvalue weighted by atomic mass is 10.2. The summed E-state index contributed by atoms with van der Waals surface area (Å²) in [6.45, 7) is 2.31. The number of sulfonamides is 1. The molecule has 1 N–H and O–H groups in total. The highest BCUT2D eigenvalue weighted by atomic mass is 35.5. The van der Waals surface area contributed by atoms with Gasteiger partial charge in [-0.05, 0) is 26.0 Å². The summed E-state index contributed by atoms with van der Waals surface area (Å²) in [7, 11) is -1.98. The second-order valence-corrected chi connectivity index (χ2v) is 7.31. The normalized spacial score (nSPS) is 11.6. The maximum Gasteiger partial charge on any atom is 0.341 e. The van der Waals surface area contributed by atoms with E-state index in [0.717, 1.165) is 17.5 Å². The lowest BCUT2D eigenvalue weighted by molar-refractivity contribution is -0.137. The van der Waals surface area contributed by atoms with Crippen molar-refractivity contribution in [3.05, 3.63) is 22.7 Å². The molecule has 0 bridgehead atoms. The number of esters is 1. The number of carbonyl (C=O) groups excluding carboxylic acids is 1. The fourth-order valence-corrected chi connectivity index (χ4v) is 4.11. The van der Waals surface area contributed by atoms with Crippen molar-refractivity contribution in [3.63, 3.8) is 0 Å². The third-order valence-corrected chi connectivity index (χ3v) is 5.33. The van der Waals surface area contributed by atoms with E-state index < -0.39 is 39.4 Å². The maximum atomic E-state index is 12.9.